The van der Waals surface area contributed by atoms with E-state index < -0.39 is 17.8 Å². The second-order valence-electron chi connectivity index (χ2n) is 5.87. The zero-order valence-electron chi connectivity index (χ0n) is 14.5. The molecule has 4 N–H and O–H groups in total. The van der Waals surface area contributed by atoms with E-state index in [9.17, 15) is 14.4 Å². The van der Waals surface area contributed by atoms with Gasteiger partial charge in [-0.05, 0) is 30.7 Å². The Hall–Kier alpha value is -3.73. The van der Waals surface area contributed by atoms with Gasteiger partial charge < -0.3 is 16.4 Å². The maximum atomic E-state index is 14.3. The molecule has 0 aliphatic rings. The van der Waals surface area contributed by atoms with Gasteiger partial charge in [0, 0.05) is 17.3 Å². The molecular formula is C19H17FN6O. The minimum absolute atomic E-state index is 0.0336. The van der Waals surface area contributed by atoms with E-state index in [0.717, 1.165) is 17.0 Å². The van der Waals surface area contributed by atoms with Crippen LogP contribution in [-0.2, 0) is 4.79 Å². The number of aromatic nitrogens is 2. The van der Waals surface area contributed by atoms with Crippen LogP contribution in [0, 0.1) is 17.1 Å². The molecule has 2 aromatic heterocycles. The van der Waals surface area contributed by atoms with E-state index in [1.54, 1.807) is 19.2 Å². The van der Waals surface area contributed by atoms with Crippen LogP contribution in [0.4, 0.5) is 21.7 Å². The molecule has 3 rings (SSSR count). The number of carbonyl (C=O) groups is 1. The van der Waals surface area contributed by atoms with Crippen LogP contribution in [0.5, 0.6) is 0 Å². The Morgan fingerprint density at radius 1 is 1.33 bits per heavy atom. The maximum absolute atomic E-state index is 14.3. The molecule has 136 valence electrons. The van der Waals surface area contributed by atoms with Crippen LogP contribution in [0.3, 0.4) is 0 Å². The van der Waals surface area contributed by atoms with Crippen molar-refractivity contribution in [1.82, 2.24) is 9.97 Å². The number of amides is 1. The van der Waals surface area contributed by atoms with E-state index >= 15 is 0 Å². The minimum atomic E-state index is -0.766. The van der Waals surface area contributed by atoms with E-state index in [0.29, 0.717) is 12.1 Å². The summed E-state index contributed by atoms with van der Waals surface area (Å²) in [6.45, 7) is 1.74. The monoisotopic (exact) mass is 364 g/mol. The number of nitrogens with one attached hydrogen (secondary N) is 2. The van der Waals surface area contributed by atoms with Crippen LogP contribution >= 0.6 is 0 Å². The topological polar surface area (TPSA) is 117 Å². The lowest BCUT2D eigenvalue weighted by molar-refractivity contribution is -0.118. The average molecular weight is 364 g/mol. The maximum Gasteiger partial charge on any atom is 0.239 e. The van der Waals surface area contributed by atoms with Gasteiger partial charge in [-0.2, -0.15) is 5.26 Å². The molecule has 0 aliphatic carbocycles. The summed E-state index contributed by atoms with van der Waals surface area (Å²) < 4.78 is 14.3. The molecule has 0 saturated carbocycles. The number of anilines is 3. The van der Waals surface area contributed by atoms with Gasteiger partial charge in [0.15, 0.2) is 17.5 Å². The van der Waals surface area contributed by atoms with Crippen LogP contribution in [0.2, 0.25) is 0 Å². The molecule has 27 heavy (non-hydrogen) atoms. The van der Waals surface area contributed by atoms with E-state index in [1.807, 2.05) is 30.3 Å². The van der Waals surface area contributed by atoms with Gasteiger partial charge in [0.1, 0.15) is 12.1 Å². The summed E-state index contributed by atoms with van der Waals surface area (Å²) in [7, 11) is 0. The summed E-state index contributed by atoms with van der Waals surface area (Å²) >= 11 is 0. The molecule has 0 saturated heterocycles. The van der Waals surface area contributed by atoms with Gasteiger partial charge in [-0.15, -0.1) is 0 Å². The summed E-state index contributed by atoms with van der Waals surface area (Å²) in [5, 5.41) is 15.9. The van der Waals surface area contributed by atoms with Crippen LogP contribution in [0.15, 0.2) is 42.6 Å². The van der Waals surface area contributed by atoms with Gasteiger partial charge in [-0.1, -0.05) is 19.1 Å². The Morgan fingerprint density at radius 2 is 2.15 bits per heavy atom. The average Bonchev–Trinajstić information content (AvgIpc) is 2.67. The lowest BCUT2D eigenvalue weighted by Gasteiger charge is -2.16. The van der Waals surface area contributed by atoms with Crippen molar-refractivity contribution in [2.75, 3.05) is 10.6 Å². The first-order chi connectivity index (χ1) is 13.0. The predicted octanol–water partition coefficient (Wildman–Crippen LogP) is 3.06. The molecule has 0 unspecified atom stereocenters. The fourth-order valence-corrected chi connectivity index (χ4v) is 2.59. The Labute approximate surface area is 155 Å². The lowest BCUT2D eigenvalue weighted by Crippen LogP contribution is -2.35. The van der Waals surface area contributed by atoms with Crippen LogP contribution in [-0.4, -0.2) is 21.9 Å². The quantitative estimate of drug-likeness (QED) is 0.619. The lowest BCUT2D eigenvalue weighted by atomic mass is 10.2. The van der Waals surface area contributed by atoms with E-state index in [2.05, 4.69) is 20.6 Å². The van der Waals surface area contributed by atoms with E-state index in [1.165, 1.54) is 0 Å². The Balaban J connectivity index is 1.96. The third kappa shape index (κ3) is 3.93. The van der Waals surface area contributed by atoms with Gasteiger partial charge in [0.25, 0.3) is 0 Å². The molecule has 1 atom stereocenters. The Morgan fingerprint density at radius 3 is 2.85 bits per heavy atom. The summed E-state index contributed by atoms with van der Waals surface area (Å²) in [5.74, 6) is -1.34. The summed E-state index contributed by atoms with van der Waals surface area (Å²) in [6, 6.07) is 11.5. The number of hydrogen-bond donors (Lipinski definition) is 3. The SMILES string of the molecule is CC[C@@H](Nc1nc(Nc2ccc3cccnc3c2)c(C#N)cc1F)C(N)=O. The molecule has 8 heteroatoms. The number of primary amides is 1. The minimum Gasteiger partial charge on any atom is -0.368 e. The number of rotatable bonds is 6. The van der Waals surface area contributed by atoms with Gasteiger partial charge in [-0.3, -0.25) is 9.78 Å². The molecule has 0 aliphatic heterocycles. The highest BCUT2D eigenvalue weighted by molar-refractivity contribution is 5.84. The fourth-order valence-electron chi connectivity index (χ4n) is 2.59. The van der Waals surface area contributed by atoms with Crippen molar-refractivity contribution in [3.8, 4) is 6.07 Å². The molecule has 0 spiro atoms. The van der Waals surface area contributed by atoms with Crippen LogP contribution in [0.1, 0.15) is 18.9 Å². The van der Waals surface area contributed by atoms with Crippen molar-refractivity contribution in [3.05, 3.63) is 54.0 Å². The number of nitrogens with two attached hydrogens (primary N) is 1. The molecule has 1 amide bonds. The van der Waals surface area contributed by atoms with Crippen molar-refractivity contribution in [2.45, 2.75) is 19.4 Å². The van der Waals surface area contributed by atoms with Crippen molar-refractivity contribution in [3.63, 3.8) is 0 Å². The molecular weight excluding hydrogens is 347 g/mol. The smallest absolute Gasteiger partial charge is 0.239 e. The molecule has 3 aromatic rings. The molecule has 0 radical (unpaired) electrons. The number of carbonyl (C=O) groups excluding carboxylic acids is 1. The van der Waals surface area contributed by atoms with Crippen molar-refractivity contribution >= 4 is 34.1 Å². The predicted molar refractivity (Wildman–Crippen MR) is 101 cm³/mol. The highest BCUT2D eigenvalue weighted by Crippen LogP contribution is 2.25. The summed E-state index contributed by atoms with van der Waals surface area (Å²) in [6.07, 6.45) is 2.05. The number of hydrogen-bond acceptors (Lipinski definition) is 6. The first-order valence-electron chi connectivity index (χ1n) is 8.30. The van der Waals surface area contributed by atoms with Crippen LogP contribution in [0.25, 0.3) is 10.9 Å². The molecule has 7 nitrogen and oxygen atoms in total. The number of fused-ring (bicyclic) bond motifs is 1. The first-order valence-corrected chi connectivity index (χ1v) is 8.30. The second-order valence-corrected chi connectivity index (χ2v) is 5.87. The second kappa shape index (κ2) is 7.66. The molecule has 2 heterocycles. The number of halogens is 1. The van der Waals surface area contributed by atoms with E-state index in [4.69, 9.17) is 5.73 Å². The number of benzene rings is 1. The first kappa shape index (κ1) is 18.1. The normalized spacial score (nSPS) is 11.6. The van der Waals surface area contributed by atoms with Crippen LogP contribution < -0.4 is 16.4 Å². The molecule has 0 fully saturated rings. The summed E-state index contributed by atoms with van der Waals surface area (Å²) in [5.41, 5.74) is 6.73. The van der Waals surface area contributed by atoms with Crippen molar-refractivity contribution < 1.29 is 9.18 Å². The van der Waals surface area contributed by atoms with Crippen molar-refractivity contribution in [2.24, 2.45) is 5.73 Å². The summed E-state index contributed by atoms with van der Waals surface area (Å²) in [4.78, 5) is 19.8. The molecule has 1 aromatic carbocycles. The zero-order valence-corrected chi connectivity index (χ0v) is 14.5. The Kier molecular flexibility index (Phi) is 5.13. The Bertz CT molecular complexity index is 1050. The number of nitriles is 1. The van der Waals surface area contributed by atoms with Gasteiger partial charge in [0.05, 0.1) is 11.1 Å². The van der Waals surface area contributed by atoms with Gasteiger partial charge in [0.2, 0.25) is 5.91 Å². The third-order valence-corrected chi connectivity index (χ3v) is 4.03. The molecule has 0 bridgehead atoms. The fraction of sp³-hybridized carbons (Fsp3) is 0.158. The van der Waals surface area contributed by atoms with Gasteiger partial charge in [-0.25, -0.2) is 9.37 Å². The van der Waals surface area contributed by atoms with Crippen molar-refractivity contribution in [1.29, 1.82) is 5.26 Å². The standard InChI is InChI=1S/C19H17FN6O/c1-2-15(17(22)27)25-19-14(20)8-12(10-21)18(26-19)24-13-6-5-11-4-3-7-23-16(11)9-13/h3-9,15H,2H2,1H3,(H2,22,27)(H2,24,25,26)/t15-/m1/s1. The van der Waals surface area contributed by atoms with E-state index in [-0.39, 0.29) is 17.2 Å². The largest absolute Gasteiger partial charge is 0.368 e. The zero-order chi connectivity index (χ0) is 19.4. The number of pyridine rings is 2. The highest BCUT2D eigenvalue weighted by atomic mass is 19.1. The van der Waals surface area contributed by atoms with Gasteiger partial charge >= 0.3 is 0 Å². The third-order valence-electron chi connectivity index (χ3n) is 4.03. The highest BCUT2D eigenvalue weighted by Gasteiger charge is 2.18. The number of nitrogens with zero attached hydrogens (tertiary/aromatic N) is 3.